The molecule has 0 aliphatic heterocycles. The SMILES string of the molecule is CNC(=O)c1cc(Oc2ccc3nc(Cc4ccccc4C(C)(C)C)sc3c2)ccn1. The van der Waals surface area contributed by atoms with Crippen LogP contribution >= 0.6 is 11.3 Å². The molecule has 2 aromatic heterocycles. The minimum atomic E-state index is -0.247. The number of nitrogens with zero attached hydrogens (tertiary/aromatic N) is 2. The van der Waals surface area contributed by atoms with E-state index in [2.05, 4.69) is 55.3 Å². The second-order valence-electron chi connectivity index (χ2n) is 8.38. The maximum absolute atomic E-state index is 11.8. The Morgan fingerprint density at radius 1 is 1.06 bits per heavy atom. The predicted octanol–water partition coefficient (Wildman–Crippen LogP) is 5.73. The highest BCUT2D eigenvalue weighted by atomic mass is 32.1. The second kappa shape index (κ2) is 8.47. The number of hydrogen-bond acceptors (Lipinski definition) is 5. The molecule has 0 radical (unpaired) electrons. The summed E-state index contributed by atoms with van der Waals surface area (Å²) < 4.78 is 7.04. The molecule has 0 aliphatic rings. The van der Waals surface area contributed by atoms with Crippen LogP contribution in [0.2, 0.25) is 0 Å². The smallest absolute Gasteiger partial charge is 0.269 e. The summed E-state index contributed by atoms with van der Waals surface area (Å²) in [4.78, 5) is 20.7. The zero-order valence-electron chi connectivity index (χ0n) is 18.1. The van der Waals surface area contributed by atoms with E-state index in [0.717, 1.165) is 21.6 Å². The fourth-order valence-corrected chi connectivity index (χ4v) is 4.54. The summed E-state index contributed by atoms with van der Waals surface area (Å²) in [6.45, 7) is 6.72. The molecule has 0 fully saturated rings. The maximum Gasteiger partial charge on any atom is 0.269 e. The third-order valence-electron chi connectivity index (χ3n) is 5.00. The van der Waals surface area contributed by atoms with E-state index in [4.69, 9.17) is 9.72 Å². The number of carbonyl (C=O) groups excluding carboxylic acids is 1. The van der Waals surface area contributed by atoms with Crippen LogP contribution in [0.25, 0.3) is 10.2 Å². The summed E-state index contributed by atoms with van der Waals surface area (Å²) >= 11 is 1.68. The van der Waals surface area contributed by atoms with Gasteiger partial charge < -0.3 is 10.1 Å². The molecule has 4 rings (SSSR count). The number of benzene rings is 2. The third-order valence-corrected chi connectivity index (χ3v) is 6.02. The van der Waals surface area contributed by atoms with Gasteiger partial charge in [0.15, 0.2) is 0 Å². The summed E-state index contributed by atoms with van der Waals surface area (Å²) in [6.07, 6.45) is 2.37. The number of ether oxygens (including phenoxy) is 1. The molecule has 4 aromatic rings. The van der Waals surface area contributed by atoms with Crippen molar-refractivity contribution in [1.29, 1.82) is 0 Å². The van der Waals surface area contributed by atoms with Crippen molar-refractivity contribution in [2.75, 3.05) is 7.05 Å². The largest absolute Gasteiger partial charge is 0.457 e. The highest BCUT2D eigenvalue weighted by Gasteiger charge is 2.18. The van der Waals surface area contributed by atoms with Gasteiger partial charge in [0.25, 0.3) is 5.91 Å². The lowest BCUT2D eigenvalue weighted by Crippen LogP contribution is -2.18. The lowest BCUT2D eigenvalue weighted by molar-refractivity contribution is 0.0958. The molecule has 31 heavy (non-hydrogen) atoms. The first-order valence-corrected chi connectivity index (χ1v) is 11.0. The van der Waals surface area contributed by atoms with Gasteiger partial charge in [0.2, 0.25) is 0 Å². The van der Waals surface area contributed by atoms with Gasteiger partial charge in [0.1, 0.15) is 17.2 Å². The first-order valence-electron chi connectivity index (χ1n) is 10.2. The van der Waals surface area contributed by atoms with E-state index in [-0.39, 0.29) is 11.3 Å². The van der Waals surface area contributed by atoms with Crippen molar-refractivity contribution in [1.82, 2.24) is 15.3 Å². The lowest BCUT2D eigenvalue weighted by atomic mass is 9.83. The van der Waals surface area contributed by atoms with Gasteiger partial charge >= 0.3 is 0 Å². The number of carbonyl (C=O) groups is 1. The molecule has 0 aliphatic carbocycles. The van der Waals surface area contributed by atoms with Crippen LogP contribution in [-0.2, 0) is 11.8 Å². The summed E-state index contributed by atoms with van der Waals surface area (Å²) in [7, 11) is 1.58. The number of amides is 1. The zero-order chi connectivity index (χ0) is 22.0. The van der Waals surface area contributed by atoms with Crippen LogP contribution in [0.3, 0.4) is 0 Å². The molecule has 0 unspecified atom stereocenters. The first kappa shape index (κ1) is 21.0. The number of thiazole rings is 1. The molecular formula is C25H25N3O2S. The van der Waals surface area contributed by atoms with Crippen molar-refractivity contribution < 1.29 is 9.53 Å². The van der Waals surface area contributed by atoms with Crippen molar-refractivity contribution in [2.24, 2.45) is 0 Å². The molecule has 2 aromatic carbocycles. The van der Waals surface area contributed by atoms with E-state index in [0.29, 0.717) is 17.2 Å². The van der Waals surface area contributed by atoms with Gasteiger partial charge in [0, 0.05) is 31.8 Å². The Hall–Kier alpha value is -3.25. The number of fused-ring (bicyclic) bond motifs is 1. The average Bonchev–Trinajstić information content (AvgIpc) is 3.14. The molecule has 1 amide bonds. The Balaban J connectivity index is 1.58. The quantitative estimate of drug-likeness (QED) is 0.438. The number of pyridine rings is 1. The van der Waals surface area contributed by atoms with Crippen LogP contribution in [0, 0.1) is 0 Å². The van der Waals surface area contributed by atoms with Crippen LogP contribution in [0.15, 0.2) is 60.8 Å². The molecule has 0 saturated carbocycles. The van der Waals surface area contributed by atoms with Crippen molar-refractivity contribution in [3.05, 3.63) is 82.6 Å². The minimum Gasteiger partial charge on any atom is -0.457 e. The zero-order valence-corrected chi connectivity index (χ0v) is 18.9. The van der Waals surface area contributed by atoms with Crippen LogP contribution < -0.4 is 10.1 Å². The summed E-state index contributed by atoms with van der Waals surface area (Å²) in [5.74, 6) is 1.02. The van der Waals surface area contributed by atoms with Gasteiger partial charge in [-0.1, -0.05) is 45.0 Å². The van der Waals surface area contributed by atoms with Crippen LogP contribution in [0.1, 0.15) is 47.4 Å². The fraction of sp³-hybridized carbons (Fsp3) is 0.240. The molecule has 1 N–H and O–H groups in total. The molecular weight excluding hydrogens is 406 g/mol. The Labute approximate surface area is 186 Å². The topological polar surface area (TPSA) is 64.1 Å². The van der Waals surface area contributed by atoms with Crippen molar-refractivity contribution >= 4 is 27.5 Å². The molecule has 0 bridgehead atoms. The lowest BCUT2D eigenvalue weighted by Gasteiger charge is -2.22. The van der Waals surface area contributed by atoms with Crippen LogP contribution in [0.5, 0.6) is 11.5 Å². The van der Waals surface area contributed by atoms with Crippen molar-refractivity contribution in [3.8, 4) is 11.5 Å². The third kappa shape index (κ3) is 4.75. The number of aromatic nitrogens is 2. The van der Waals surface area contributed by atoms with E-state index in [1.54, 1.807) is 36.7 Å². The molecule has 6 heteroatoms. The molecule has 0 saturated heterocycles. The van der Waals surface area contributed by atoms with Gasteiger partial charge in [-0.05, 0) is 34.7 Å². The molecule has 5 nitrogen and oxygen atoms in total. The van der Waals surface area contributed by atoms with Gasteiger partial charge in [-0.15, -0.1) is 11.3 Å². The van der Waals surface area contributed by atoms with Gasteiger partial charge in [-0.25, -0.2) is 4.98 Å². The predicted molar refractivity (Wildman–Crippen MR) is 125 cm³/mol. The monoisotopic (exact) mass is 431 g/mol. The second-order valence-corrected chi connectivity index (χ2v) is 9.49. The normalized spacial score (nSPS) is 11.5. The Morgan fingerprint density at radius 3 is 2.61 bits per heavy atom. The van der Waals surface area contributed by atoms with Crippen molar-refractivity contribution in [2.45, 2.75) is 32.6 Å². The molecule has 158 valence electrons. The number of rotatable bonds is 5. The van der Waals surface area contributed by atoms with Crippen molar-refractivity contribution in [3.63, 3.8) is 0 Å². The highest BCUT2D eigenvalue weighted by Crippen LogP contribution is 2.32. The Kier molecular flexibility index (Phi) is 5.74. The maximum atomic E-state index is 11.8. The van der Waals surface area contributed by atoms with Gasteiger partial charge in [0.05, 0.1) is 15.2 Å². The molecule has 0 atom stereocenters. The minimum absolute atomic E-state index is 0.0896. The molecule has 2 heterocycles. The Bertz CT molecular complexity index is 1240. The summed E-state index contributed by atoms with van der Waals surface area (Å²) in [5.41, 5.74) is 4.03. The summed E-state index contributed by atoms with van der Waals surface area (Å²) in [5, 5.41) is 3.65. The van der Waals surface area contributed by atoms with E-state index in [1.165, 1.54) is 11.1 Å². The summed E-state index contributed by atoms with van der Waals surface area (Å²) in [6, 6.07) is 17.8. The highest BCUT2D eigenvalue weighted by molar-refractivity contribution is 7.18. The van der Waals surface area contributed by atoms with Gasteiger partial charge in [-0.2, -0.15) is 0 Å². The average molecular weight is 432 g/mol. The first-order chi connectivity index (χ1) is 14.8. The Morgan fingerprint density at radius 2 is 1.84 bits per heavy atom. The van der Waals surface area contributed by atoms with Crippen LogP contribution in [0.4, 0.5) is 0 Å². The van der Waals surface area contributed by atoms with E-state index in [9.17, 15) is 4.79 Å². The van der Waals surface area contributed by atoms with E-state index in [1.807, 2.05) is 18.2 Å². The standard InChI is InChI=1S/C25H25N3O2S/c1-25(2,3)19-8-6-5-7-16(19)13-23-28-20-10-9-17(15-22(20)31-23)30-18-11-12-27-21(14-18)24(29)26-4/h5-12,14-15H,13H2,1-4H3,(H,26,29). The molecule has 0 spiro atoms. The van der Waals surface area contributed by atoms with Gasteiger partial charge in [-0.3, -0.25) is 9.78 Å². The van der Waals surface area contributed by atoms with E-state index >= 15 is 0 Å². The van der Waals surface area contributed by atoms with Crippen LogP contribution in [-0.4, -0.2) is 22.9 Å². The number of nitrogens with one attached hydrogen (secondary N) is 1. The number of hydrogen-bond donors (Lipinski definition) is 1. The fourth-order valence-electron chi connectivity index (χ4n) is 3.52. The van der Waals surface area contributed by atoms with E-state index < -0.39 is 0 Å².